The predicted molar refractivity (Wildman–Crippen MR) is 69.0 cm³/mol. The van der Waals surface area contributed by atoms with Crippen molar-refractivity contribution in [3.63, 3.8) is 0 Å². The van der Waals surface area contributed by atoms with Gasteiger partial charge in [0.05, 0.1) is 0 Å². The smallest absolute Gasteiger partial charge is 0.387 e. The monoisotopic (exact) mass is 306 g/mol. The van der Waals surface area contributed by atoms with Crippen LogP contribution in [0.5, 0.6) is 5.75 Å². The normalized spacial score (nSPS) is 17.2. The molecule has 2 rings (SSSR count). The Bertz CT molecular complexity index is 562. The first-order chi connectivity index (χ1) is 9.44. The second-order valence-electron chi connectivity index (χ2n) is 4.63. The molecular weight excluding hydrogens is 290 g/mol. The molecule has 0 amide bonds. The van der Waals surface area contributed by atoms with Crippen molar-refractivity contribution >= 4 is 10.0 Å². The van der Waals surface area contributed by atoms with Gasteiger partial charge >= 0.3 is 6.61 Å². The number of hydrogen-bond donors (Lipinski definition) is 2. The highest BCUT2D eigenvalue weighted by atomic mass is 32.2. The van der Waals surface area contributed by atoms with E-state index in [1.165, 1.54) is 24.3 Å². The molecule has 1 aromatic carbocycles. The van der Waals surface area contributed by atoms with E-state index >= 15 is 0 Å². The number of halogens is 2. The van der Waals surface area contributed by atoms with E-state index in [1.807, 2.05) is 0 Å². The van der Waals surface area contributed by atoms with E-state index in [2.05, 4.69) is 9.46 Å². The van der Waals surface area contributed by atoms with Crippen LogP contribution in [-0.2, 0) is 10.0 Å². The zero-order valence-corrected chi connectivity index (χ0v) is 11.4. The highest BCUT2D eigenvalue weighted by Gasteiger charge is 2.34. The van der Waals surface area contributed by atoms with Gasteiger partial charge in [-0.1, -0.05) is 12.1 Å². The maximum atomic E-state index is 12.3. The first kappa shape index (κ1) is 15.1. The predicted octanol–water partition coefficient (Wildman–Crippen LogP) is 1.30. The Hall–Kier alpha value is -1.25. The standard InChI is InChI=1S/C12H16F2N2O3S/c13-12(14)19-10-3-1-2-4-11(10)20(17,18)16-9(7-15)8-5-6-8/h1-4,8-9,12,16H,5-7,15H2. The van der Waals surface area contributed by atoms with Crippen LogP contribution in [-0.4, -0.2) is 27.6 Å². The molecule has 0 spiro atoms. The fourth-order valence-corrected chi connectivity index (χ4v) is 3.42. The van der Waals surface area contributed by atoms with Crippen molar-refractivity contribution in [3.05, 3.63) is 24.3 Å². The maximum absolute atomic E-state index is 12.3. The fraction of sp³-hybridized carbons (Fsp3) is 0.500. The quantitative estimate of drug-likeness (QED) is 0.795. The van der Waals surface area contributed by atoms with Gasteiger partial charge in [0.15, 0.2) is 0 Å². The van der Waals surface area contributed by atoms with E-state index in [4.69, 9.17) is 5.73 Å². The third-order valence-electron chi connectivity index (χ3n) is 3.11. The molecule has 0 heterocycles. The average molecular weight is 306 g/mol. The number of hydrogen-bond acceptors (Lipinski definition) is 4. The number of para-hydroxylation sites is 1. The average Bonchev–Trinajstić information content (AvgIpc) is 3.20. The SMILES string of the molecule is NCC(NS(=O)(=O)c1ccccc1OC(F)F)C1CC1. The van der Waals surface area contributed by atoms with Crippen molar-refractivity contribution < 1.29 is 21.9 Å². The minimum absolute atomic E-state index is 0.168. The summed E-state index contributed by atoms with van der Waals surface area (Å²) in [5, 5.41) is 0. The van der Waals surface area contributed by atoms with Gasteiger partial charge in [0.2, 0.25) is 10.0 Å². The van der Waals surface area contributed by atoms with Gasteiger partial charge in [0.1, 0.15) is 10.6 Å². The molecule has 1 aliphatic rings. The molecule has 1 unspecified atom stereocenters. The highest BCUT2D eigenvalue weighted by Crippen LogP contribution is 2.33. The van der Waals surface area contributed by atoms with Gasteiger partial charge < -0.3 is 10.5 Å². The van der Waals surface area contributed by atoms with Gasteiger partial charge in [0.25, 0.3) is 0 Å². The summed E-state index contributed by atoms with van der Waals surface area (Å²) < 4.78 is 55.8. The van der Waals surface area contributed by atoms with E-state index in [1.54, 1.807) is 0 Å². The molecule has 5 nitrogen and oxygen atoms in total. The minimum Gasteiger partial charge on any atom is -0.433 e. The summed E-state index contributed by atoms with van der Waals surface area (Å²) in [5.74, 6) is -0.153. The van der Waals surface area contributed by atoms with Gasteiger partial charge in [-0.05, 0) is 30.9 Å². The topological polar surface area (TPSA) is 81.4 Å². The van der Waals surface area contributed by atoms with Crippen LogP contribution >= 0.6 is 0 Å². The molecule has 0 radical (unpaired) electrons. The molecule has 8 heteroatoms. The van der Waals surface area contributed by atoms with Gasteiger partial charge in [-0.25, -0.2) is 13.1 Å². The van der Waals surface area contributed by atoms with Crippen LogP contribution in [0.1, 0.15) is 12.8 Å². The summed E-state index contributed by atoms with van der Waals surface area (Å²) in [4.78, 5) is -0.306. The van der Waals surface area contributed by atoms with E-state index in [0.717, 1.165) is 12.8 Å². The van der Waals surface area contributed by atoms with E-state index in [9.17, 15) is 17.2 Å². The second kappa shape index (κ2) is 6.02. The van der Waals surface area contributed by atoms with Crippen molar-refractivity contribution in [2.45, 2.75) is 30.4 Å². The first-order valence-corrected chi connectivity index (χ1v) is 7.68. The lowest BCUT2D eigenvalue weighted by atomic mass is 10.2. The Morgan fingerprint density at radius 3 is 2.55 bits per heavy atom. The van der Waals surface area contributed by atoms with Crippen molar-refractivity contribution in [3.8, 4) is 5.75 Å². The van der Waals surface area contributed by atoms with Crippen molar-refractivity contribution in [1.29, 1.82) is 0 Å². The van der Waals surface area contributed by atoms with Crippen molar-refractivity contribution in [2.24, 2.45) is 11.7 Å². The second-order valence-corrected chi connectivity index (χ2v) is 6.31. The third kappa shape index (κ3) is 3.65. The molecule has 20 heavy (non-hydrogen) atoms. The summed E-state index contributed by atoms with van der Waals surface area (Å²) in [6.45, 7) is -2.91. The molecule has 0 bridgehead atoms. The lowest BCUT2D eigenvalue weighted by Gasteiger charge is -2.17. The third-order valence-corrected chi connectivity index (χ3v) is 4.64. The maximum Gasteiger partial charge on any atom is 0.387 e. The zero-order chi connectivity index (χ0) is 14.8. The fourth-order valence-electron chi connectivity index (χ4n) is 1.96. The van der Waals surface area contributed by atoms with Crippen LogP contribution in [0.3, 0.4) is 0 Å². The molecule has 1 aromatic rings. The molecule has 3 N–H and O–H groups in total. The zero-order valence-electron chi connectivity index (χ0n) is 10.6. The van der Waals surface area contributed by atoms with Crippen LogP contribution in [0.4, 0.5) is 8.78 Å². The molecule has 0 aromatic heterocycles. The Morgan fingerprint density at radius 2 is 2.00 bits per heavy atom. The van der Waals surface area contributed by atoms with Crippen molar-refractivity contribution in [2.75, 3.05) is 6.54 Å². The van der Waals surface area contributed by atoms with E-state index in [-0.39, 0.29) is 29.1 Å². The van der Waals surface area contributed by atoms with Gasteiger partial charge in [-0.2, -0.15) is 8.78 Å². The molecule has 1 atom stereocenters. The molecule has 1 saturated carbocycles. The van der Waals surface area contributed by atoms with E-state index < -0.39 is 16.6 Å². The minimum atomic E-state index is -3.94. The first-order valence-electron chi connectivity index (χ1n) is 6.20. The Labute approximate surface area is 116 Å². The number of rotatable bonds is 7. The Kier molecular flexibility index (Phi) is 4.56. The number of alkyl halides is 2. The van der Waals surface area contributed by atoms with Crippen LogP contribution in [0.2, 0.25) is 0 Å². The molecule has 1 aliphatic carbocycles. The Balaban J connectivity index is 2.24. The summed E-state index contributed by atoms with van der Waals surface area (Å²) in [6.07, 6.45) is 1.83. The highest BCUT2D eigenvalue weighted by molar-refractivity contribution is 7.89. The number of nitrogens with two attached hydrogens (primary N) is 1. The van der Waals surface area contributed by atoms with Crippen LogP contribution in [0, 0.1) is 5.92 Å². The lowest BCUT2D eigenvalue weighted by Crippen LogP contribution is -2.41. The molecule has 0 aliphatic heterocycles. The largest absolute Gasteiger partial charge is 0.433 e. The number of sulfonamides is 1. The molecular formula is C12H16F2N2O3S. The van der Waals surface area contributed by atoms with Gasteiger partial charge in [-0.3, -0.25) is 0 Å². The molecule has 1 fully saturated rings. The number of benzene rings is 1. The van der Waals surface area contributed by atoms with Crippen LogP contribution in [0.15, 0.2) is 29.2 Å². The van der Waals surface area contributed by atoms with Crippen molar-refractivity contribution in [1.82, 2.24) is 4.72 Å². The Morgan fingerprint density at radius 1 is 1.35 bits per heavy atom. The summed E-state index contributed by atoms with van der Waals surface area (Å²) in [6, 6.07) is 4.91. The van der Waals surface area contributed by atoms with Crippen LogP contribution < -0.4 is 15.2 Å². The molecule has 112 valence electrons. The van der Waals surface area contributed by atoms with Gasteiger partial charge in [0, 0.05) is 12.6 Å². The number of nitrogens with one attached hydrogen (secondary N) is 1. The lowest BCUT2D eigenvalue weighted by molar-refractivity contribution is -0.0517. The summed E-state index contributed by atoms with van der Waals surface area (Å²) >= 11 is 0. The number of ether oxygens (including phenoxy) is 1. The summed E-state index contributed by atoms with van der Waals surface area (Å²) in [7, 11) is -3.94. The van der Waals surface area contributed by atoms with Gasteiger partial charge in [-0.15, -0.1) is 0 Å². The van der Waals surface area contributed by atoms with E-state index in [0.29, 0.717) is 0 Å². The summed E-state index contributed by atoms with van der Waals surface area (Å²) in [5.41, 5.74) is 5.54. The molecule has 0 saturated heterocycles. The van der Waals surface area contributed by atoms with Crippen LogP contribution in [0.25, 0.3) is 0 Å².